The summed E-state index contributed by atoms with van der Waals surface area (Å²) in [7, 11) is 0. The molecule has 0 atom stereocenters. The molecule has 2 amide bonds. The van der Waals surface area contributed by atoms with Crippen LogP contribution < -0.4 is 10.6 Å². The Hall–Kier alpha value is -1.34. The second kappa shape index (κ2) is 7.78. The van der Waals surface area contributed by atoms with Gasteiger partial charge in [-0.25, -0.2) is 9.18 Å². The minimum atomic E-state index is -0.717. The van der Waals surface area contributed by atoms with Crippen LogP contribution in [0.5, 0.6) is 0 Å². The molecule has 122 valence electrons. The van der Waals surface area contributed by atoms with Crippen LogP contribution in [0.1, 0.15) is 31.1 Å². The maximum atomic E-state index is 13.6. The predicted molar refractivity (Wildman–Crippen MR) is 85.7 cm³/mol. The van der Waals surface area contributed by atoms with Gasteiger partial charge in [0.2, 0.25) is 0 Å². The maximum Gasteiger partial charge on any atom is 0.407 e. The topological polar surface area (TPSA) is 67.4 Å². The average Bonchev–Trinajstić information content (AvgIpc) is 2.36. The smallest absolute Gasteiger partial charge is 0.407 e. The number of nitrogens with one attached hydrogen (secondary N) is 2. The van der Waals surface area contributed by atoms with Gasteiger partial charge in [0.05, 0.1) is 10.6 Å². The first-order valence-corrected chi connectivity index (χ1v) is 7.67. The third-order valence-corrected chi connectivity index (χ3v) is 3.53. The average molecular weight is 396 g/mol. The summed E-state index contributed by atoms with van der Waals surface area (Å²) in [6, 6.07) is 2.35. The molecule has 5 nitrogen and oxygen atoms in total. The van der Waals surface area contributed by atoms with Gasteiger partial charge in [0.1, 0.15) is 11.4 Å². The van der Waals surface area contributed by atoms with Gasteiger partial charge in [-0.15, -0.1) is 0 Å². The van der Waals surface area contributed by atoms with Crippen LogP contribution in [0.2, 0.25) is 5.02 Å². The lowest BCUT2D eigenvalue weighted by Crippen LogP contribution is -2.38. The lowest BCUT2D eigenvalue weighted by Gasteiger charge is -2.19. The van der Waals surface area contributed by atoms with Crippen molar-refractivity contribution in [3.8, 4) is 0 Å². The molecule has 0 heterocycles. The summed E-state index contributed by atoms with van der Waals surface area (Å²) in [5, 5.41) is 5.15. The van der Waals surface area contributed by atoms with Crippen LogP contribution in [0.15, 0.2) is 16.6 Å². The second-order valence-corrected chi connectivity index (χ2v) is 6.69. The van der Waals surface area contributed by atoms with Crippen molar-refractivity contribution in [1.29, 1.82) is 0 Å². The highest BCUT2D eigenvalue weighted by molar-refractivity contribution is 9.10. The van der Waals surface area contributed by atoms with Crippen LogP contribution in [-0.2, 0) is 4.74 Å². The summed E-state index contributed by atoms with van der Waals surface area (Å²) < 4.78 is 19.1. The molecule has 0 unspecified atom stereocenters. The van der Waals surface area contributed by atoms with E-state index in [0.29, 0.717) is 4.47 Å². The van der Waals surface area contributed by atoms with Crippen LogP contribution >= 0.6 is 27.5 Å². The van der Waals surface area contributed by atoms with Crippen LogP contribution in [0.4, 0.5) is 9.18 Å². The van der Waals surface area contributed by atoms with Crippen LogP contribution in [0.3, 0.4) is 0 Å². The lowest BCUT2D eigenvalue weighted by molar-refractivity contribution is 0.0526. The van der Waals surface area contributed by atoms with E-state index in [-0.39, 0.29) is 23.7 Å². The van der Waals surface area contributed by atoms with E-state index < -0.39 is 23.4 Å². The molecule has 0 radical (unpaired) electrons. The predicted octanol–water partition coefficient (Wildman–Crippen LogP) is 3.50. The van der Waals surface area contributed by atoms with Crippen molar-refractivity contribution in [2.24, 2.45) is 0 Å². The molecule has 0 fully saturated rings. The van der Waals surface area contributed by atoms with Crippen molar-refractivity contribution in [1.82, 2.24) is 10.6 Å². The summed E-state index contributed by atoms with van der Waals surface area (Å²) in [6.07, 6.45) is -0.581. The first-order valence-electron chi connectivity index (χ1n) is 6.50. The Morgan fingerprint density at radius 1 is 1.27 bits per heavy atom. The third kappa shape index (κ3) is 6.19. The zero-order chi connectivity index (χ0) is 16.9. The highest BCUT2D eigenvalue weighted by atomic mass is 79.9. The number of alkyl carbamates (subject to hydrolysis) is 1. The number of hydrogen-bond donors (Lipinski definition) is 2. The number of hydrogen-bond acceptors (Lipinski definition) is 3. The minimum absolute atomic E-state index is 0.131. The van der Waals surface area contributed by atoms with Gasteiger partial charge in [0.15, 0.2) is 0 Å². The summed E-state index contributed by atoms with van der Waals surface area (Å²) in [5.41, 5.74) is -0.722. The number of ether oxygens (including phenoxy) is 1. The maximum absolute atomic E-state index is 13.6. The Morgan fingerprint density at radius 2 is 1.86 bits per heavy atom. The Morgan fingerprint density at radius 3 is 2.45 bits per heavy atom. The molecular formula is C14H17BrClFN2O3. The fraction of sp³-hybridized carbons (Fsp3) is 0.429. The Kier molecular flexibility index (Phi) is 6.62. The first-order chi connectivity index (χ1) is 10.1. The molecule has 8 heteroatoms. The molecular weight excluding hydrogens is 379 g/mol. The van der Waals surface area contributed by atoms with Crippen molar-refractivity contribution in [3.05, 3.63) is 33.0 Å². The molecule has 0 aromatic heterocycles. The number of carbonyl (C=O) groups is 2. The summed E-state index contributed by atoms with van der Waals surface area (Å²) >= 11 is 8.85. The van der Waals surface area contributed by atoms with E-state index >= 15 is 0 Å². The van der Waals surface area contributed by atoms with E-state index in [9.17, 15) is 14.0 Å². The van der Waals surface area contributed by atoms with E-state index in [0.717, 1.165) is 6.07 Å². The monoisotopic (exact) mass is 394 g/mol. The van der Waals surface area contributed by atoms with E-state index in [1.54, 1.807) is 20.8 Å². The number of amides is 2. The molecule has 1 rings (SSSR count). The molecule has 0 spiro atoms. The van der Waals surface area contributed by atoms with Gasteiger partial charge >= 0.3 is 6.09 Å². The molecule has 0 bridgehead atoms. The van der Waals surface area contributed by atoms with Crippen molar-refractivity contribution in [2.75, 3.05) is 13.1 Å². The Balaban J connectivity index is 2.44. The zero-order valence-corrected chi connectivity index (χ0v) is 14.8. The number of rotatable bonds is 4. The van der Waals surface area contributed by atoms with Crippen molar-refractivity contribution >= 4 is 39.5 Å². The SMILES string of the molecule is CC(C)(C)OC(=O)NCCNC(=O)c1cc(Br)c(Cl)cc1F. The number of benzene rings is 1. The highest BCUT2D eigenvalue weighted by Crippen LogP contribution is 2.25. The molecule has 0 aliphatic carbocycles. The van der Waals surface area contributed by atoms with E-state index in [1.165, 1.54) is 6.07 Å². The molecule has 1 aromatic rings. The first kappa shape index (κ1) is 18.7. The Labute approximate surface area is 141 Å². The molecule has 0 saturated carbocycles. The molecule has 0 saturated heterocycles. The second-order valence-electron chi connectivity index (χ2n) is 5.43. The highest BCUT2D eigenvalue weighted by Gasteiger charge is 2.16. The quantitative estimate of drug-likeness (QED) is 0.606. The number of halogens is 3. The zero-order valence-electron chi connectivity index (χ0n) is 12.4. The summed E-state index contributed by atoms with van der Waals surface area (Å²) in [6.45, 7) is 5.54. The lowest BCUT2D eigenvalue weighted by atomic mass is 10.2. The fourth-order valence-corrected chi connectivity index (χ4v) is 1.94. The van der Waals surface area contributed by atoms with Gasteiger partial charge in [-0.05, 0) is 48.8 Å². The van der Waals surface area contributed by atoms with Crippen molar-refractivity contribution in [3.63, 3.8) is 0 Å². The molecule has 22 heavy (non-hydrogen) atoms. The summed E-state index contributed by atoms with van der Waals surface area (Å²) in [5.74, 6) is -1.31. The normalized spacial score (nSPS) is 11.0. The largest absolute Gasteiger partial charge is 0.444 e. The molecule has 2 N–H and O–H groups in total. The molecule has 1 aromatic carbocycles. The van der Waals surface area contributed by atoms with Gasteiger partial charge < -0.3 is 15.4 Å². The van der Waals surface area contributed by atoms with Crippen LogP contribution in [0, 0.1) is 5.82 Å². The van der Waals surface area contributed by atoms with Crippen LogP contribution in [-0.4, -0.2) is 30.7 Å². The van der Waals surface area contributed by atoms with Gasteiger partial charge in [0, 0.05) is 17.6 Å². The van der Waals surface area contributed by atoms with Crippen molar-refractivity contribution in [2.45, 2.75) is 26.4 Å². The Bertz CT molecular complexity index is 576. The third-order valence-electron chi connectivity index (χ3n) is 2.33. The fourth-order valence-electron chi connectivity index (χ4n) is 1.45. The van der Waals surface area contributed by atoms with E-state index in [1.807, 2.05) is 0 Å². The van der Waals surface area contributed by atoms with Gasteiger partial charge in [-0.2, -0.15) is 0 Å². The summed E-state index contributed by atoms with van der Waals surface area (Å²) in [4.78, 5) is 23.2. The van der Waals surface area contributed by atoms with Crippen LogP contribution in [0.25, 0.3) is 0 Å². The van der Waals surface area contributed by atoms with Gasteiger partial charge in [0.25, 0.3) is 5.91 Å². The molecule has 0 aliphatic rings. The van der Waals surface area contributed by atoms with E-state index in [2.05, 4.69) is 26.6 Å². The van der Waals surface area contributed by atoms with Gasteiger partial charge in [-0.3, -0.25) is 4.79 Å². The minimum Gasteiger partial charge on any atom is -0.444 e. The number of carbonyl (C=O) groups excluding carboxylic acids is 2. The van der Waals surface area contributed by atoms with Crippen molar-refractivity contribution < 1.29 is 18.7 Å². The van der Waals surface area contributed by atoms with E-state index in [4.69, 9.17) is 16.3 Å². The molecule has 0 aliphatic heterocycles. The van der Waals surface area contributed by atoms with Gasteiger partial charge in [-0.1, -0.05) is 11.6 Å². The standard InChI is InChI=1S/C14H17BrClFN2O3/c1-14(2,3)22-13(21)19-5-4-18-12(20)8-6-9(15)10(16)7-11(8)17/h6-7H,4-5H2,1-3H3,(H,18,20)(H,19,21).